The van der Waals surface area contributed by atoms with Crippen molar-refractivity contribution in [2.45, 2.75) is 26.2 Å². The molecule has 138 valence electrons. The molecule has 0 saturated heterocycles. The average molecular weight is 363 g/mol. The second-order valence-corrected chi connectivity index (χ2v) is 6.46. The third-order valence-corrected chi connectivity index (χ3v) is 4.63. The quantitative estimate of drug-likeness (QED) is 0.728. The number of fused-ring (bicyclic) bond motifs is 1. The van der Waals surface area contributed by atoms with E-state index in [1.165, 1.54) is 5.56 Å². The molecular weight excluding hydrogens is 342 g/mol. The number of benzene rings is 2. The van der Waals surface area contributed by atoms with Crippen molar-refractivity contribution >= 4 is 5.91 Å². The van der Waals surface area contributed by atoms with Gasteiger partial charge in [-0.15, -0.1) is 0 Å². The Balaban J connectivity index is 1.36. The summed E-state index contributed by atoms with van der Waals surface area (Å²) in [7, 11) is 0. The van der Waals surface area contributed by atoms with Crippen LogP contribution in [0.4, 0.5) is 0 Å². The van der Waals surface area contributed by atoms with Crippen LogP contribution >= 0.6 is 0 Å². The molecule has 6 heteroatoms. The number of carbonyl (C=O) groups is 1. The van der Waals surface area contributed by atoms with Gasteiger partial charge in [0.1, 0.15) is 5.75 Å². The van der Waals surface area contributed by atoms with Crippen LogP contribution in [0, 0.1) is 0 Å². The van der Waals surface area contributed by atoms with Gasteiger partial charge in [0.05, 0.1) is 6.61 Å². The Morgan fingerprint density at radius 3 is 2.74 bits per heavy atom. The summed E-state index contributed by atoms with van der Waals surface area (Å²) in [5.74, 6) is 2.07. The zero-order valence-corrected chi connectivity index (χ0v) is 15.2. The number of aryl methyl sites for hydroxylation is 1. The van der Waals surface area contributed by atoms with E-state index in [0.717, 1.165) is 36.3 Å². The minimum atomic E-state index is -0.117. The third-order valence-electron chi connectivity index (χ3n) is 4.63. The molecule has 1 aliphatic heterocycles. The van der Waals surface area contributed by atoms with Crippen LogP contribution < -0.4 is 10.1 Å². The number of ether oxygens (including phenoxy) is 1. The van der Waals surface area contributed by atoms with Crippen molar-refractivity contribution in [3.05, 3.63) is 65.3 Å². The van der Waals surface area contributed by atoms with Crippen LogP contribution in [-0.4, -0.2) is 29.2 Å². The van der Waals surface area contributed by atoms with Gasteiger partial charge in [-0.25, -0.2) is 0 Å². The molecule has 1 N–H and O–H groups in total. The number of hydrogen-bond donors (Lipinski definition) is 1. The monoisotopic (exact) mass is 363 g/mol. The fraction of sp³-hybridized carbons (Fsp3) is 0.286. The van der Waals surface area contributed by atoms with Crippen LogP contribution in [0.2, 0.25) is 0 Å². The number of carbonyl (C=O) groups excluding carboxylic acids is 1. The summed E-state index contributed by atoms with van der Waals surface area (Å²) in [6.07, 6.45) is 2.22. The molecule has 0 aliphatic carbocycles. The molecule has 1 aromatic heterocycles. The van der Waals surface area contributed by atoms with Crippen molar-refractivity contribution in [1.82, 2.24) is 15.5 Å². The van der Waals surface area contributed by atoms with Crippen molar-refractivity contribution in [2.75, 3.05) is 13.2 Å². The van der Waals surface area contributed by atoms with Gasteiger partial charge in [-0.05, 0) is 34.9 Å². The molecule has 1 amide bonds. The van der Waals surface area contributed by atoms with E-state index >= 15 is 0 Å². The van der Waals surface area contributed by atoms with Crippen molar-refractivity contribution in [1.29, 1.82) is 0 Å². The standard InChI is InChI=1S/C21H21N3O3/c1-2-19-23-20(27-24-19)9-11-22-21(25)16-6-3-14(4-7-16)17-8-5-15-10-12-26-18(15)13-17/h3-8,13H,2,9-12H2,1H3,(H,22,25). The third kappa shape index (κ3) is 3.84. The van der Waals surface area contributed by atoms with E-state index in [4.69, 9.17) is 9.26 Å². The molecule has 0 spiro atoms. The van der Waals surface area contributed by atoms with Crippen LogP contribution in [0.15, 0.2) is 47.0 Å². The van der Waals surface area contributed by atoms with E-state index in [1.54, 1.807) is 0 Å². The Labute approximate surface area is 157 Å². The minimum Gasteiger partial charge on any atom is -0.493 e. The zero-order chi connectivity index (χ0) is 18.6. The largest absolute Gasteiger partial charge is 0.493 e. The van der Waals surface area contributed by atoms with Gasteiger partial charge in [0.2, 0.25) is 5.89 Å². The SMILES string of the molecule is CCc1noc(CCNC(=O)c2ccc(-c3ccc4c(c3)OCC4)cc2)n1. The van der Waals surface area contributed by atoms with E-state index in [1.807, 2.05) is 31.2 Å². The van der Waals surface area contributed by atoms with E-state index in [0.29, 0.717) is 30.2 Å². The fourth-order valence-electron chi connectivity index (χ4n) is 3.08. The smallest absolute Gasteiger partial charge is 0.251 e. The summed E-state index contributed by atoms with van der Waals surface area (Å²) in [4.78, 5) is 16.5. The molecule has 4 rings (SSSR count). The maximum atomic E-state index is 12.3. The molecule has 1 aliphatic rings. The summed E-state index contributed by atoms with van der Waals surface area (Å²) in [5, 5.41) is 6.72. The van der Waals surface area contributed by atoms with Gasteiger partial charge in [0, 0.05) is 31.4 Å². The van der Waals surface area contributed by atoms with Crippen LogP contribution in [0.5, 0.6) is 5.75 Å². The molecule has 3 aromatic rings. The highest BCUT2D eigenvalue weighted by Crippen LogP contribution is 2.31. The van der Waals surface area contributed by atoms with Gasteiger partial charge in [-0.1, -0.05) is 36.3 Å². The molecule has 0 fully saturated rings. The molecule has 2 aromatic carbocycles. The number of amides is 1. The summed E-state index contributed by atoms with van der Waals surface area (Å²) >= 11 is 0. The Morgan fingerprint density at radius 1 is 1.15 bits per heavy atom. The number of hydrogen-bond acceptors (Lipinski definition) is 5. The van der Waals surface area contributed by atoms with Crippen LogP contribution in [-0.2, 0) is 19.3 Å². The number of nitrogens with zero attached hydrogens (tertiary/aromatic N) is 2. The van der Waals surface area contributed by atoms with Gasteiger partial charge in [0.25, 0.3) is 5.91 Å². The molecule has 27 heavy (non-hydrogen) atoms. The predicted octanol–water partition coefficient (Wildman–Crippen LogP) is 3.21. The van der Waals surface area contributed by atoms with Crippen LogP contribution in [0.3, 0.4) is 0 Å². The first-order valence-electron chi connectivity index (χ1n) is 9.19. The Bertz CT molecular complexity index is 948. The van der Waals surface area contributed by atoms with Gasteiger partial charge in [-0.2, -0.15) is 4.98 Å². The van der Waals surface area contributed by atoms with Crippen LogP contribution in [0.25, 0.3) is 11.1 Å². The maximum Gasteiger partial charge on any atom is 0.251 e. The van der Waals surface area contributed by atoms with Crippen molar-refractivity contribution in [3.8, 4) is 16.9 Å². The lowest BCUT2D eigenvalue weighted by Crippen LogP contribution is -2.25. The fourth-order valence-corrected chi connectivity index (χ4v) is 3.08. The molecule has 0 atom stereocenters. The zero-order valence-electron chi connectivity index (χ0n) is 15.2. The Hall–Kier alpha value is -3.15. The Morgan fingerprint density at radius 2 is 1.96 bits per heavy atom. The summed E-state index contributed by atoms with van der Waals surface area (Å²) in [5.41, 5.74) is 4.02. The highest BCUT2D eigenvalue weighted by atomic mass is 16.5. The van der Waals surface area contributed by atoms with Gasteiger partial charge in [-0.3, -0.25) is 4.79 Å². The number of rotatable bonds is 6. The second kappa shape index (κ2) is 7.61. The van der Waals surface area contributed by atoms with Crippen molar-refractivity contribution in [2.24, 2.45) is 0 Å². The van der Waals surface area contributed by atoms with E-state index in [2.05, 4.69) is 33.7 Å². The van der Waals surface area contributed by atoms with E-state index in [-0.39, 0.29) is 5.91 Å². The maximum absolute atomic E-state index is 12.3. The van der Waals surface area contributed by atoms with Crippen molar-refractivity contribution in [3.63, 3.8) is 0 Å². The van der Waals surface area contributed by atoms with Gasteiger partial charge >= 0.3 is 0 Å². The van der Waals surface area contributed by atoms with Crippen molar-refractivity contribution < 1.29 is 14.1 Å². The molecule has 2 heterocycles. The first-order valence-corrected chi connectivity index (χ1v) is 9.19. The number of nitrogens with one attached hydrogen (secondary N) is 1. The Kier molecular flexibility index (Phi) is 4.87. The highest BCUT2D eigenvalue weighted by molar-refractivity contribution is 5.94. The first kappa shape index (κ1) is 17.3. The average Bonchev–Trinajstić information content (AvgIpc) is 3.36. The summed E-state index contributed by atoms with van der Waals surface area (Å²) in [6, 6.07) is 13.8. The van der Waals surface area contributed by atoms with Gasteiger partial charge in [0.15, 0.2) is 5.82 Å². The molecule has 0 unspecified atom stereocenters. The molecule has 0 saturated carbocycles. The van der Waals surface area contributed by atoms with E-state index in [9.17, 15) is 4.79 Å². The topological polar surface area (TPSA) is 77.2 Å². The lowest BCUT2D eigenvalue weighted by atomic mass is 10.0. The molecule has 0 bridgehead atoms. The lowest BCUT2D eigenvalue weighted by molar-refractivity contribution is 0.0953. The number of aromatic nitrogens is 2. The van der Waals surface area contributed by atoms with Gasteiger partial charge < -0.3 is 14.6 Å². The normalized spacial score (nSPS) is 12.5. The molecule has 6 nitrogen and oxygen atoms in total. The lowest BCUT2D eigenvalue weighted by Gasteiger charge is -2.07. The van der Waals surface area contributed by atoms with Crippen LogP contribution in [0.1, 0.15) is 34.6 Å². The van der Waals surface area contributed by atoms with E-state index < -0.39 is 0 Å². The predicted molar refractivity (Wildman–Crippen MR) is 101 cm³/mol. The second-order valence-electron chi connectivity index (χ2n) is 6.46. The first-order chi connectivity index (χ1) is 13.2. The molecule has 0 radical (unpaired) electrons. The summed E-state index contributed by atoms with van der Waals surface area (Å²) < 4.78 is 10.7. The minimum absolute atomic E-state index is 0.117. The highest BCUT2D eigenvalue weighted by Gasteiger charge is 2.13. The summed E-state index contributed by atoms with van der Waals surface area (Å²) in [6.45, 7) is 3.17. The molecular formula is C21H21N3O3.